The Balaban J connectivity index is 1.74. The van der Waals surface area contributed by atoms with Gasteiger partial charge in [0, 0.05) is 21.8 Å². The van der Waals surface area contributed by atoms with E-state index in [4.69, 9.17) is 0 Å². The molecule has 2 aromatic rings. The van der Waals surface area contributed by atoms with Crippen LogP contribution in [0.1, 0.15) is 47.7 Å². The predicted molar refractivity (Wildman–Crippen MR) is 92.0 cm³/mol. The first kappa shape index (κ1) is 14.8. The normalized spacial score (nSPS) is 21.2. The SMILES string of the molecule is Cc1ccc(CC(C)NC2c3ccccc3CC2(C)C)s1. The van der Waals surface area contributed by atoms with E-state index >= 15 is 0 Å². The maximum absolute atomic E-state index is 3.89. The molecule has 21 heavy (non-hydrogen) atoms. The Morgan fingerprint density at radius 3 is 2.71 bits per heavy atom. The minimum atomic E-state index is 0.295. The fourth-order valence-electron chi connectivity index (χ4n) is 3.55. The molecule has 1 heterocycles. The largest absolute Gasteiger partial charge is 0.307 e. The van der Waals surface area contributed by atoms with Crippen LogP contribution in [-0.2, 0) is 12.8 Å². The molecule has 0 amide bonds. The number of nitrogens with one attached hydrogen (secondary N) is 1. The summed E-state index contributed by atoms with van der Waals surface area (Å²) in [6.07, 6.45) is 2.29. The Kier molecular flexibility index (Phi) is 3.94. The minimum absolute atomic E-state index is 0.295. The number of rotatable bonds is 4. The van der Waals surface area contributed by atoms with Crippen molar-refractivity contribution < 1.29 is 0 Å². The molecule has 3 rings (SSSR count). The van der Waals surface area contributed by atoms with Crippen LogP contribution in [0, 0.1) is 12.3 Å². The van der Waals surface area contributed by atoms with E-state index < -0.39 is 0 Å². The Bertz CT molecular complexity index is 626. The molecule has 2 atom stereocenters. The highest BCUT2D eigenvalue weighted by Gasteiger charge is 2.38. The van der Waals surface area contributed by atoms with E-state index in [1.54, 1.807) is 0 Å². The van der Waals surface area contributed by atoms with Crippen LogP contribution in [0.3, 0.4) is 0 Å². The number of fused-ring (bicyclic) bond motifs is 1. The molecule has 2 unspecified atom stereocenters. The second-order valence-corrected chi connectivity index (χ2v) is 8.45. The molecule has 0 aliphatic heterocycles. The van der Waals surface area contributed by atoms with Gasteiger partial charge in [-0.25, -0.2) is 0 Å². The molecule has 0 saturated carbocycles. The van der Waals surface area contributed by atoms with Crippen molar-refractivity contribution in [2.75, 3.05) is 0 Å². The van der Waals surface area contributed by atoms with Crippen molar-refractivity contribution in [3.05, 3.63) is 57.3 Å². The topological polar surface area (TPSA) is 12.0 Å². The summed E-state index contributed by atoms with van der Waals surface area (Å²) in [6.45, 7) is 9.26. The molecule has 0 radical (unpaired) electrons. The first-order valence-corrected chi connectivity index (χ1v) is 8.66. The molecular weight excluding hydrogens is 274 g/mol. The van der Waals surface area contributed by atoms with Crippen molar-refractivity contribution >= 4 is 11.3 Å². The standard InChI is InChI=1S/C19H25NS/c1-13(11-16-10-9-14(2)21-16)20-18-17-8-6-5-7-15(17)12-19(18,3)4/h5-10,13,18,20H,11-12H2,1-4H3. The average Bonchev–Trinajstić information content (AvgIpc) is 2.91. The summed E-state index contributed by atoms with van der Waals surface area (Å²) in [4.78, 5) is 2.89. The summed E-state index contributed by atoms with van der Waals surface area (Å²) in [5.74, 6) is 0. The van der Waals surface area contributed by atoms with Crippen molar-refractivity contribution in [1.82, 2.24) is 5.32 Å². The number of benzene rings is 1. The van der Waals surface area contributed by atoms with Crippen molar-refractivity contribution in [1.29, 1.82) is 0 Å². The Morgan fingerprint density at radius 2 is 2.00 bits per heavy atom. The number of hydrogen-bond donors (Lipinski definition) is 1. The van der Waals surface area contributed by atoms with Crippen molar-refractivity contribution in [2.24, 2.45) is 5.41 Å². The number of aryl methyl sites for hydroxylation is 1. The lowest BCUT2D eigenvalue weighted by Gasteiger charge is -2.31. The van der Waals surface area contributed by atoms with Crippen LogP contribution in [0.25, 0.3) is 0 Å². The van der Waals surface area contributed by atoms with Gasteiger partial charge in [-0.15, -0.1) is 11.3 Å². The molecule has 1 aromatic carbocycles. The highest BCUT2D eigenvalue weighted by atomic mass is 32.1. The molecule has 0 saturated heterocycles. The van der Waals surface area contributed by atoms with E-state index in [1.165, 1.54) is 27.3 Å². The monoisotopic (exact) mass is 299 g/mol. The second-order valence-electron chi connectivity index (χ2n) is 7.08. The molecule has 1 nitrogen and oxygen atoms in total. The molecule has 0 fully saturated rings. The highest BCUT2D eigenvalue weighted by Crippen LogP contribution is 2.45. The van der Waals surface area contributed by atoms with Crippen LogP contribution in [0.15, 0.2) is 36.4 Å². The summed E-state index contributed by atoms with van der Waals surface area (Å²) in [5.41, 5.74) is 3.31. The maximum atomic E-state index is 3.89. The van der Waals surface area contributed by atoms with Gasteiger partial charge in [0.1, 0.15) is 0 Å². The molecule has 1 N–H and O–H groups in total. The molecule has 0 spiro atoms. The minimum Gasteiger partial charge on any atom is -0.307 e. The lowest BCUT2D eigenvalue weighted by atomic mass is 9.85. The van der Waals surface area contributed by atoms with Crippen molar-refractivity contribution in [2.45, 2.75) is 52.6 Å². The van der Waals surface area contributed by atoms with Gasteiger partial charge in [0.05, 0.1) is 0 Å². The summed E-state index contributed by atoms with van der Waals surface area (Å²) < 4.78 is 0. The van der Waals surface area contributed by atoms with E-state index in [0.717, 1.165) is 6.42 Å². The summed E-state index contributed by atoms with van der Waals surface area (Å²) in [6, 6.07) is 14.4. The van der Waals surface area contributed by atoms with Gasteiger partial charge < -0.3 is 5.32 Å². The van der Waals surface area contributed by atoms with Gasteiger partial charge in [-0.3, -0.25) is 0 Å². The average molecular weight is 299 g/mol. The Labute approximate surface area is 132 Å². The lowest BCUT2D eigenvalue weighted by molar-refractivity contribution is 0.251. The van der Waals surface area contributed by atoms with E-state index in [9.17, 15) is 0 Å². The van der Waals surface area contributed by atoms with Crippen LogP contribution >= 0.6 is 11.3 Å². The Morgan fingerprint density at radius 1 is 1.24 bits per heavy atom. The van der Waals surface area contributed by atoms with Crippen LogP contribution < -0.4 is 5.32 Å². The van der Waals surface area contributed by atoms with E-state index in [1.807, 2.05) is 11.3 Å². The summed E-state index contributed by atoms with van der Waals surface area (Å²) in [5, 5.41) is 3.89. The predicted octanol–water partition coefficient (Wildman–Crippen LogP) is 4.90. The quantitative estimate of drug-likeness (QED) is 0.846. The zero-order chi connectivity index (χ0) is 15.0. The fourth-order valence-corrected chi connectivity index (χ4v) is 4.57. The zero-order valence-electron chi connectivity index (χ0n) is 13.4. The van der Waals surface area contributed by atoms with Crippen LogP contribution in [-0.4, -0.2) is 6.04 Å². The smallest absolute Gasteiger partial charge is 0.0380 e. The third-order valence-corrected chi connectivity index (χ3v) is 5.57. The molecule has 1 aliphatic carbocycles. The number of hydrogen-bond acceptors (Lipinski definition) is 2. The summed E-state index contributed by atoms with van der Waals surface area (Å²) >= 11 is 1.92. The van der Waals surface area contributed by atoms with Gasteiger partial charge in [-0.2, -0.15) is 0 Å². The van der Waals surface area contributed by atoms with Crippen LogP contribution in [0.5, 0.6) is 0 Å². The van der Waals surface area contributed by atoms with Gasteiger partial charge in [0.25, 0.3) is 0 Å². The van der Waals surface area contributed by atoms with E-state index in [0.29, 0.717) is 17.5 Å². The summed E-state index contributed by atoms with van der Waals surface area (Å²) in [7, 11) is 0. The lowest BCUT2D eigenvalue weighted by Crippen LogP contribution is -2.37. The van der Waals surface area contributed by atoms with Gasteiger partial charge in [0.15, 0.2) is 0 Å². The van der Waals surface area contributed by atoms with Gasteiger partial charge in [-0.05, 0) is 55.4 Å². The van der Waals surface area contributed by atoms with E-state index in [2.05, 4.69) is 69.4 Å². The van der Waals surface area contributed by atoms with Gasteiger partial charge in [0.2, 0.25) is 0 Å². The molecule has 1 aliphatic rings. The third-order valence-electron chi connectivity index (χ3n) is 4.55. The van der Waals surface area contributed by atoms with Crippen molar-refractivity contribution in [3.8, 4) is 0 Å². The molecule has 112 valence electrons. The van der Waals surface area contributed by atoms with Crippen molar-refractivity contribution in [3.63, 3.8) is 0 Å². The molecule has 1 aromatic heterocycles. The first-order chi connectivity index (χ1) is 9.95. The zero-order valence-corrected chi connectivity index (χ0v) is 14.3. The Hall–Kier alpha value is -1.12. The fraction of sp³-hybridized carbons (Fsp3) is 0.474. The third kappa shape index (κ3) is 3.07. The van der Waals surface area contributed by atoms with Crippen LogP contribution in [0.4, 0.5) is 0 Å². The second kappa shape index (κ2) is 5.58. The first-order valence-electron chi connectivity index (χ1n) is 7.85. The molecule has 0 bridgehead atoms. The molecule has 2 heteroatoms. The van der Waals surface area contributed by atoms with Gasteiger partial charge in [-0.1, -0.05) is 38.1 Å². The number of thiophene rings is 1. The van der Waals surface area contributed by atoms with Gasteiger partial charge >= 0.3 is 0 Å². The highest BCUT2D eigenvalue weighted by molar-refractivity contribution is 7.11. The van der Waals surface area contributed by atoms with Crippen LogP contribution in [0.2, 0.25) is 0 Å². The molecular formula is C19H25NS. The van der Waals surface area contributed by atoms with E-state index in [-0.39, 0.29) is 0 Å². The maximum Gasteiger partial charge on any atom is 0.0380 e.